The molecule has 2 aromatic carbocycles. The van der Waals surface area contributed by atoms with Crippen LogP contribution in [0.2, 0.25) is 0 Å². The van der Waals surface area contributed by atoms with Crippen molar-refractivity contribution in [2.24, 2.45) is 5.92 Å². The first-order chi connectivity index (χ1) is 13.7. The highest BCUT2D eigenvalue weighted by Crippen LogP contribution is 2.26. The van der Waals surface area contributed by atoms with Crippen LogP contribution in [0.4, 0.5) is 20.2 Å². The van der Waals surface area contributed by atoms with Crippen LogP contribution in [0.3, 0.4) is 0 Å². The minimum Gasteiger partial charge on any atom is -0.336 e. The molecule has 0 aliphatic carbocycles. The highest BCUT2D eigenvalue weighted by molar-refractivity contribution is 6.10. The van der Waals surface area contributed by atoms with Gasteiger partial charge in [0, 0.05) is 31.0 Å². The van der Waals surface area contributed by atoms with Crippen molar-refractivity contribution in [1.82, 2.24) is 4.90 Å². The molecule has 1 aliphatic rings. The number of hydrogen-bond donors (Lipinski definition) is 1. The highest BCUT2D eigenvalue weighted by atomic mass is 19.1. The Hall–Kier alpha value is -3.29. The first-order valence-electron chi connectivity index (χ1n) is 9.13. The van der Waals surface area contributed by atoms with Crippen molar-refractivity contribution in [3.8, 4) is 0 Å². The normalized spacial score (nSPS) is 16.1. The lowest BCUT2D eigenvalue weighted by Gasteiger charge is -2.21. The molecule has 2 aromatic rings. The molecule has 1 atom stereocenters. The second-order valence-corrected chi connectivity index (χ2v) is 7.07. The van der Waals surface area contributed by atoms with Gasteiger partial charge in [-0.15, -0.1) is 0 Å². The molecular formula is C21H21F2N3O3. The van der Waals surface area contributed by atoms with E-state index in [1.807, 2.05) is 31.2 Å². The summed E-state index contributed by atoms with van der Waals surface area (Å²) < 4.78 is 26.4. The van der Waals surface area contributed by atoms with E-state index in [9.17, 15) is 23.2 Å². The van der Waals surface area contributed by atoms with Gasteiger partial charge in [-0.05, 0) is 37.6 Å². The molecule has 1 aliphatic heterocycles. The molecule has 1 N–H and O–H groups in total. The Balaban J connectivity index is 1.60. The Morgan fingerprint density at radius 3 is 2.38 bits per heavy atom. The van der Waals surface area contributed by atoms with E-state index in [1.54, 1.807) is 4.90 Å². The first-order valence-corrected chi connectivity index (χ1v) is 9.13. The quantitative estimate of drug-likeness (QED) is 0.784. The third-order valence-corrected chi connectivity index (χ3v) is 4.75. The largest absolute Gasteiger partial charge is 0.336 e. The molecule has 1 heterocycles. The summed E-state index contributed by atoms with van der Waals surface area (Å²) >= 11 is 0. The number of hydrogen-bond acceptors (Lipinski definition) is 3. The van der Waals surface area contributed by atoms with Crippen molar-refractivity contribution in [3.05, 3.63) is 59.7 Å². The zero-order valence-corrected chi connectivity index (χ0v) is 16.1. The summed E-state index contributed by atoms with van der Waals surface area (Å²) in [4.78, 5) is 40.2. The van der Waals surface area contributed by atoms with Gasteiger partial charge in [0.2, 0.25) is 17.7 Å². The van der Waals surface area contributed by atoms with Crippen LogP contribution in [0.25, 0.3) is 0 Å². The average Bonchev–Trinajstić information content (AvgIpc) is 3.02. The van der Waals surface area contributed by atoms with E-state index >= 15 is 0 Å². The Morgan fingerprint density at radius 2 is 1.76 bits per heavy atom. The smallest absolute Gasteiger partial charge is 0.243 e. The Labute approximate surface area is 167 Å². The Bertz CT molecular complexity index is 926. The highest BCUT2D eigenvalue weighted by Gasteiger charge is 2.39. The SMILES string of the molecule is Cc1ccc(N2CCC(C(=O)N(C)CC(=O)Nc3cc(F)cc(F)c3)C2=O)cc1. The number of halogens is 2. The van der Waals surface area contributed by atoms with E-state index in [2.05, 4.69) is 5.32 Å². The lowest BCUT2D eigenvalue weighted by molar-refractivity contribution is -0.140. The topological polar surface area (TPSA) is 69.7 Å². The van der Waals surface area contributed by atoms with Gasteiger partial charge in [0.25, 0.3) is 0 Å². The summed E-state index contributed by atoms with van der Waals surface area (Å²) in [5.74, 6) is -3.90. The minimum atomic E-state index is -0.860. The number of amides is 3. The Kier molecular flexibility index (Phi) is 5.91. The summed E-state index contributed by atoms with van der Waals surface area (Å²) in [5, 5.41) is 2.34. The van der Waals surface area contributed by atoms with Crippen molar-refractivity contribution in [2.45, 2.75) is 13.3 Å². The van der Waals surface area contributed by atoms with Gasteiger partial charge in [-0.1, -0.05) is 17.7 Å². The van der Waals surface area contributed by atoms with Crippen LogP contribution in [-0.2, 0) is 14.4 Å². The zero-order valence-electron chi connectivity index (χ0n) is 16.1. The van der Waals surface area contributed by atoms with E-state index in [4.69, 9.17) is 0 Å². The molecule has 3 amide bonds. The van der Waals surface area contributed by atoms with Gasteiger partial charge in [0.1, 0.15) is 17.6 Å². The molecule has 6 nitrogen and oxygen atoms in total. The van der Waals surface area contributed by atoms with Crippen molar-refractivity contribution in [2.75, 3.05) is 30.4 Å². The number of carbonyl (C=O) groups is 3. The lowest BCUT2D eigenvalue weighted by Crippen LogP contribution is -2.41. The fourth-order valence-electron chi connectivity index (χ4n) is 3.28. The molecule has 0 saturated carbocycles. The molecule has 1 fully saturated rings. The van der Waals surface area contributed by atoms with Crippen LogP contribution in [-0.4, -0.2) is 42.8 Å². The predicted octanol–water partition coefficient (Wildman–Crippen LogP) is 2.72. The molecule has 152 valence electrons. The second-order valence-electron chi connectivity index (χ2n) is 7.07. The third-order valence-electron chi connectivity index (χ3n) is 4.75. The van der Waals surface area contributed by atoms with Gasteiger partial charge in [-0.2, -0.15) is 0 Å². The number of carbonyl (C=O) groups excluding carboxylic acids is 3. The minimum absolute atomic E-state index is 0.0455. The van der Waals surface area contributed by atoms with E-state index in [1.165, 1.54) is 7.05 Å². The lowest BCUT2D eigenvalue weighted by atomic mass is 10.1. The first kappa shape index (κ1) is 20.4. The van der Waals surface area contributed by atoms with Gasteiger partial charge in [0.05, 0.1) is 6.54 Å². The van der Waals surface area contributed by atoms with Crippen molar-refractivity contribution >= 4 is 29.1 Å². The maximum absolute atomic E-state index is 13.2. The number of benzene rings is 2. The van der Waals surface area contributed by atoms with Crippen LogP contribution >= 0.6 is 0 Å². The molecule has 1 unspecified atom stereocenters. The van der Waals surface area contributed by atoms with Crippen molar-refractivity contribution in [1.29, 1.82) is 0 Å². The number of aryl methyl sites for hydroxylation is 1. The van der Waals surface area contributed by atoms with Crippen molar-refractivity contribution in [3.63, 3.8) is 0 Å². The van der Waals surface area contributed by atoms with Gasteiger partial charge >= 0.3 is 0 Å². The molecule has 0 aromatic heterocycles. The third kappa shape index (κ3) is 4.77. The summed E-state index contributed by atoms with van der Waals surface area (Å²) in [6.07, 6.45) is 0.354. The monoisotopic (exact) mass is 401 g/mol. The fourth-order valence-corrected chi connectivity index (χ4v) is 3.28. The summed E-state index contributed by atoms with van der Waals surface area (Å²) in [6.45, 7) is 2.02. The maximum Gasteiger partial charge on any atom is 0.243 e. The molecule has 0 radical (unpaired) electrons. The summed E-state index contributed by atoms with van der Waals surface area (Å²) in [6, 6.07) is 10.1. The van der Waals surface area contributed by atoms with Crippen LogP contribution in [0.1, 0.15) is 12.0 Å². The van der Waals surface area contributed by atoms with Gasteiger partial charge in [-0.3, -0.25) is 14.4 Å². The Morgan fingerprint density at radius 1 is 1.14 bits per heavy atom. The standard InChI is InChI=1S/C21H21F2N3O3/c1-13-3-5-17(6-4-13)26-8-7-18(21(26)29)20(28)25(2)12-19(27)24-16-10-14(22)9-15(23)11-16/h3-6,9-11,18H,7-8,12H2,1-2H3,(H,24,27). The number of likely N-dealkylation sites (N-methyl/N-ethyl adjacent to an activating group) is 1. The van der Waals surface area contributed by atoms with Crippen LogP contribution in [0.5, 0.6) is 0 Å². The van der Waals surface area contributed by atoms with Crippen LogP contribution in [0.15, 0.2) is 42.5 Å². The number of rotatable bonds is 5. The molecule has 0 bridgehead atoms. The zero-order chi connectivity index (χ0) is 21.1. The molecule has 0 spiro atoms. The second kappa shape index (κ2) is 8.38. The molecule has 1 saturated heterocycles. The molecule has 8 heteroatoms. The van der Waals surface area contributed by atoms with E-state index in [0.29, 0.717) is 19.0 Å². The van der Waals surface area contributed by atoms with Crippen LogP contribution in [0, 0.1) is 24.5 Å². The molecular weight excluding hydrogens is 380 g/mol. The van der Waals surface area contributed by atoms with Gasteiger partial charge < -0.3 is 15.1 Å². The van der Waals surface area contributed by atoms with E-state index in [-0.39, 0.29) is 18.1 Å². The van der Waals surface area contributed by atoms with Crippen LogP contribution < -0.4 is 10.2 Å². The summed E-state index contributed by atoms with van der Waals surface area (Å²) in [7, 11) is 1.41. The number of nitrogens with one attached hydrogen (secondary N) is 1. The van der Waals surface area contributed by atoms with E-state index < -0.39 is 29.4 Å². The number of anilines is 2. The number of nitrogens with zero attached hydrogens (tertiary/aromatic N) is 2. The van der Waals surface area contributed by atoms with Gasteiger partial charge in [0.15, 0.2) is 0 Å². The predicted molar refractivity (Wildman–Crippen MR) is 104 cm³/mol. The fraction of sp³-hybridized carbons (Fsp3) is 0.286. The molecule has 3 rings (SSSR count). The average molecular weight is 401 g/mol. The summed E-state index contributed by atoms with van der Waals surface area (Å²) in [5.41, 5.74) is 1.75. The van der Waals surface area contributed by atoms with Crippen molar-refractivity contribution < 1.29 is 23.2 Å². The maximum atomic E-state index is 13.2. The molecule has 29 heavy (non-hydrogen) atoms. The van der Waals surface area contributed by atoms with E-state index in [0.717, 1.165) is 28.3 Å². The van der Waals surface area contributed by atoms with Gasteiger partial charge in [-0.25, -0.2) is 8.78 Å².